The van der Waals surface area contributed by atoms with Gasteiger partial charge in [0.2, 0.25) is 0 Å². The Bertz CT molecular complexity index is 299. The van der Waals surface area contributed by atoms with Crippen LogP contribution in [0.5, 0.6) is 0 Å². The third kappa shape index (κ3) is 2.80. The van der Waals surface area contributed by atoms with Crippen molar-refractivity contribution in [1.82, 2.24) is 5.32 Å². The van der Waals surface area contributed by atoms with Crippen molar-refractivity contribution in [2.45, 2.75) is 31.9 Å². The molecule has 15 heavy (non-hydrogen) atoms. The van der Waals surface area contributed by atoms with E-state index in [0.717, 1.165) is 11.5 Å². The van der Waals surface area contributed by atoms with Gasteiger partial charge >= 0.3 is 0 Å². The van der Waals surface area contributed by atoms with Gasteiger partial charge in [0.05, 0.1) is 6.10 Å². The van der Waals surface area contributed by atoms with Gasteiger partial charge in [0.1, 0.15) is 0 Å². The Morgan fingerprint density at radius 3 is 2.73 bits per heavy atom. The maximum absolute atomic E-state index is 9.89. The minimum absolute atomic E-state index is 0.371. The van der Waals surface area contributed by atoms with Gasteiger partial charge in [-0.1, -0.05) is 43.7 Å². The van der Waals surface area contributed by atoms with Crippen molar-refractivity contribution in [2.24, 2.45) is 5.92 Å². The van der Waals surface area contributed by atoms with Crippen LogP contribution in [0, 0.1) is 5.92 Å². The number of benzene rings is 1. The summed E-state index contributed by atoms with van der Waals surface area (Å²) >= 11 is 0. The lowest BCUT2D eigenvalue weighted by Gasteiger charge is -2.11. The van der Waals surface area contributed by atoms with E-state index in [4.69, 9.17) is 0 Å². The van der Waals surface area contributed by atoms with E-state index < -0.39 is 0 Å². The lowest BCUT2D eigenvalue weighted by atomic mass is 10.1. The quantitative estimate of drug-likeness (QED) is 0.771. The second kappa shape index (κ2) is 4.77. The molecule has 0 heterocycles. The lowest BCUT2D eigenvalue weighted by Crippen LogP contribution is -2.24. The van der Waals surface area contributed by atoms with E-state index in [1.54, 1.807) is 0 Å². The van der Waals surface area contributed by atoms with Gasteiger partial charge in [0.25, 0.3) is 0 Å². The zero-order valence-corrected chi connectivity index (χ0v) is 9.19. The van der Waals surface area contributed by atoms with Crippen molar-refractivity contribution >= 4 is 0 Å². The van der Waals surface area contributed by atoms with Crippen molar-refractivity contribution in [3.8, 4) is 0 Å². The molecule has 0 spiro atoms. The van der Waals surface area contributed by atoms with Gasteiger partial charge in [-0.2, -0.15) is 0 Å². The molecule has 0 saturated heterocycles. The molecule has 1 fully saturated rings. The van der Waals surface area contributed by atoms with Crippen LogP contribution >= 0.6 is 0 Å². The van der Waals surface area contributed by atoms with E-state index in [2.05, 4.69) is 12.2 Å². The van der Waals surface area contributed by atoms with Crippen LogP contribution in [0.15, 0.2) is 30.3 Å². The lowest BCUT2D eigenvalue weighted by molar-refractivity contribution is 0.173. The van der Waals surface area contributed by atoms with Gasteiger partial charge in [-0.15, -0.1) is 0 Å². The molecular weight excluding hydrogens is 186 g/mol. The molecule has 2 N–H and O–H groups in total. The van der Waals surface area contributed by atoms with Crippen molar-refractivity contribution in [2.75, 3.05) is 6.54 Å². The Morgan fingerprint density at radius 1 is 1.40 bits per heavy atom. The smallest absolute Gasteiger partial charge is 0.0914 e. The van der Waals surface area contributed by atoms with E-state index in [1.807, 2.05) is 30.3 Å². The molecule has 3 unspecified atom stereocenters. The molecule has 1 aliphatic carbocycles. The molecule has 3 atom stereocenters. The number of aliphatic hydroxyl groups excluding tert-OH is 1. The second-order valence-corrected chi connectivity index (χ2v) is 4.35. The summed E-state index contributed by atoms with van der Waals surface area (Å²) in [6.07, 6.45) is 2.15. The van der Waals surface area contributed by atoms with Crippen LogP contribution in [-0.4, -0.2) is 17.7 Å². The van der Waals surface area contributed by atoms with Crippen LogP contribution in [0.4, 0.5) is 0 Å². The van der Waals surface area contributed by atoms with Crippen molar-refractivity contribution in [1.29, 1.82) is 0 Å². The van der Waals surface area contributed by atoms with Gasteiger partial charge < -0.3 is 10.4 Å². The predicted octanol–water partition coefficient (Wildman–Crippen LogP) is 2.11. The maximum atomic E-state index is 9.89. The van der Waals surface area contributed by atoms with Crippen molar-refractivity contribution in [3.05, 3.63) is 35.9 Å². The van der Waals surface area contributed by atoms with Gasteiger partial charge in [-0.25, -0.2) is 0 Å². The van der Waals surface area contributed by atoms with Crippen LogP contribution in [-0.2, 0) is 0 Å². The SMILES string of the molecule is CCC1CC1NCC(O)c1ccccc1. The predicted molar refractivity (Wildman–Crippen MR) is 61.6 cm³/mol. The summed E-state index contributed by atoms with van der Waals surface area (Å²) in [7, 11) is 0. The Labute approximate surface area is 91.3 Å². The van der Waals surface area contributed by atoms with E-state index in [1.165, 1.54) is 12.8 Å². The van der Waals surface area contributed by atoms with E-state index in [-0.39, 0.29) is 6.10 Å². The summed E-state index contributed by atoms with van der Waals surface area (Å²) in [6, 6.07) is 10.5. The third-order valence-electron chi connectivity index (χ3n) is 3.20. The van der Waals surface area contributed by atoms with E-state index in [9.17, 15) is 5.11 Å². The molecule has 1 aliphatic rings. The standard InChI is InChI=1S/C13H19NO/c1-2-10-8-12(10)14-9-13(15)11-6-4-3-5-7-11/h3-7,10,12-15H,2,8-9H2,1H3. The first-order valence-electron chi connectivity index (χ1n) is 5.77. The molecule has 0 aliphatic heterocycles. The Morgan fingerprint density at radius 2 is 2.13 bits per heavy atom. The highest BCUT2D eigenvalue weighted by Crippen LogP contribution is 2.33. The number of hydrogen-bond donors (Lipinski definition) is 2. The van der Waals surface area contributed by atoms with Crippen LogP contribution in [0.25, 0.3) is 0 Å². The van der Waals surface area contributed by atoms with Crippen LogP contribution in [0.1, 0.15) is 31.4 Å². The molecule has 0 radical (unpaired) electrons. The summed E-state index contributed by atoms with van der Waals surface area (Å²) in [4.78, 5) is 0. The molecule has 0 bridgehead atoms. The molecule has 0 aromatic heterocycles. The fourth-order valence-electron chi connectivity index (χ4n) is 2.00. The minimum atomic E-state index is -0.371. The van der Waals surface area contributed by atoms with Crippen molar-refractivity contribution < 1.29 is 5.11 Å². The van der Waals surface area contributed by atoms with Gasteiger partial charge in [-0.05, 0) is 17.9 Å². The largest absolute Gasteiger partial charge is 0.387 e. The van der Waals surface area contributed by atoms with E-state index >= 15 is 0 Å². The Hall–Kier alpha value is -0.860. The topological polar surface area (TPSA) is 32.3 Å². The zero-order valence-electron chi connectivity index (χ0n) is 9.19. The molecule has 2 rings (SSSR count). The molecule has 2 heteroatoms. The number of aliphatic hydroxyl groups is 1. The number of hydrogen-bond acceptors (Lipinski definition) is 2. The summed E-state index contributed by atoms with van der Waals surface area (Å²) in [6.45, 7) is 2.89. The molecule has 1 saturated carbocycles. The average Bonchev–Trinajstić information content (AvgIpc) is 3.06. The number of nitrogens with one attached hydrogen (secondary N) is 1. The van der Waals surface area contributed by atoms with Gasteiger partial charge in [0, 0.05) is 12.6 Å². The summed E-state index contributed by atoms with van der Waals surface area (Å²) < 4.78 is 0. The maximum Gasteiger partial charge on any atom is 0.0914 e. The second-order valence-electron chi connectivity index (χ2n) is 4.35. The molecule has 1 aromatic carbocycles. The monoisotopic (exact) mass is 205 g/mol. The number of rotatable bonds is 5. The Balaban J connectivity index is 1.76. The van der Waals surface area contributed by atoms with Crippen LogP contribution in [0.2, 0.25) is 0 Å². The third-order valence-corrected chi connectivity index (χ3v) is 3.20. The van der Waals surface area contributed by atoms with Gasteiger partial charge in [0.15, 0.2) is 0 Å². The first kappa shape index (κ1) is 10.7. The molecule has 82 valence electrons. The summed E-state index contributed by atoms with van der Waals surface area (Å²) in [5, 5.41) is 13.3. The fraction of sp³-hybridized carbons (Fsp3) is 0.538. The van der Waals surface area contributed by atoms with Crippen molar-refractivity contribution in [3.63, 3.8) is 0 Å². The molecular formula is C13H19NO. The van der Waals surface area contributed by atoms with Gasteiger partial charge in [-0.3, -0.25) is 0 Å². The highest BCUT2D eigenvalue weighted by molar-refractivity contribution is 5.17. The minimum Gasteiger partial charge on any atom is -0.387 e. The van der Waals surface area contributed by atoms with E-state index in [0.29, 0.717) is 12.6 Å². The molecule has 2 nitrogen and oxygen atoms in total. The normalized spacial score (nSPS) is 26.3. The van der Waals surface area contributed by atoms with Crippen LogP contribution in [0.3, 0.4) is 0 Å². The molecule has 0 amide bonds. The first-order chi connectivity index (χ1) is 7.31. The summed E-state index contributed by atoms with van der Waals surface area (Å²) in [5.41, 5.74) is 0.999. The highest BCUT2D eigenvalue weighted by atomic mass is 16.3. The Kier molecular flexibility index (Phi) is 3.39. The fourth-order valence-corrected chi connectivity index (χ4v) is 2.00. The highest BCUT2D eigenvalue weighted by Gasteiger charge is 2.34. The van der Waals surface area contributed by atoms with Crippen LogP contribution < -0.4 is 5.32 Å². The first-order valence-corrected chi connectivity index (χ1v) is 5.77. The average molecular weight is 205 g/mol. The molecule has 1 aromatic rings. The zero-order chi connectivity index (χ0) is 10.7. The summed E-state index contributed by atoms with van der Waals surface area (Å²) in [5.74, 6) is 0.841.